The first-order chi connectivity index (χ1) is 14.2. The molecule has 3 aromatic rings. The van der Waals surface area contributed by atoms with Gasteiger partial charge in [0.15, 0.2) is 5.16 Å². The summed E-state index contributed by atoms with van der Waals surface area (Å²) < 4.78 is 6.85. The highest BCUT2D eigenvalue weighted by Crippen LogP contribution is 2.24. The number of amides is 1. The summed E-state index contributed by atoms with van der Waals surface area (Å²) in [4.78, 5) is 30.5. The van der Waals surface area contributed by atoms with Crippen molar-refractivity contribution in [1.82, 2.24) is 14.9 Å². The number of thioether (sulfide) groups is 1. The first-order valence-electron chi connectivity index (χ1n) is 9.79. The van der Waals surface area contributed by atoms with E-state index < -0.39 is 5.25 Å². The van der Waals surface area contributed by atoms with Crippen molar-refractivity contribution in [2.45, 2.75) is 50.2 Å². The van der Waals surface area contributed by atoms with Crippen LogP contribution in [-0.2, 0) is 11.3 Å². The largest absolute Gasteiger partial charge is 0.497 e. The van der Waals surface area contributed by atoms with E-state index >= 15 is 0 Å². The van der Waals surface area contributed by atoms with E-state index in [2.05, 4.69) is 5.32 Å². The number of carbonyl (C=O) groups excluding carboxylic acids is 1. The predicted molar refractivity (Wildman–Crippen MR) is 121 cm³/mol. The van der Waals surface area contributed by atoms with Gasteiger partial charge in [-0.2, -0.15) is 0 Å². The molecule has 158 valence electrons. The number of carbonyl (C=O) groups is 1. The Morgan fingerprint density at radius 2 is 1.83 bits per heavy atom. The Kier molecular flexibility index (Phi) is 6.51. The maximum absolute atomic E-state index is 13.2. The van der Waals surface area contributed by atoms with Crippen LogP contribution in [0, 0.1) is 0 Å². The van der Waals surface area contributed by atoms with Gasteiger partial charge in [-0.3, -0.25) is 14.2 Å². The van der Waals surface area contributed by atoms with Crippen molar-refractivity contribution in [3.8, 4) is 5.75 Å². The number of rotatable bonds is 6. The van der Waals surface area contributed by atoms with Crippen LogP contribution in [0.3, 0.4) is 0 Å². The SMILES string of the molecule is COc1ccc(Cn2c(SC(C)C(=O)NC(C)(C)C)nc3ccccc3c2=O)cc1. The number of nitrogens with one attached hydrogen (secondary N) is 1. The summed E-state index contributed by atoms with van der Waals surface area (Å²) in [6.07, 6.45) is 0. The van der Waals surface area contributed by atoms with Crippen molar-refractivity contribution in [2.24, 2.45) is 0 Å². The monoisotopic (exact) mass is 425 g/mol. The molecule has 1 heterocycles. The second kappa shape index (κ2) is 8.92. The van der Waals surface area contributed by atoms with Crippen LogP contribution in [0.5, 0.6) is 5.75 Å². The number of fused-ring (bicyclic) bond motifs is 1. The lowest BCUT2D eigenvalue weighted by Crippen LogP contribution is -2.44. The zero-order chi connectivity index (χ0) is 21.9. The smallest absolute Gasteiger partial charge is 0.262 e. The van der Waals surface area contributed by atoms with E-state index in [1.807, 2.05) is 70.2 Å². The highest BCUT2D eigenvalue weighted by molar-refractivity contribution is 8.00. The van der Waals surface area contributed by atoms with Gasteiger partial charge in [0.25, 0.3) is 5.56 Å². The zero-order valence-corrected chi connectivity index (χ0v) is 18.7. The summed E-state index contributed by atoms with van der Waals surface area (Å²) in [5.74, 6) is 0.663. The van der Waals surface area contributed by atoms with E-state index in [-0.39, 0.29) is 17.0 Å². The van der Waals surface area contributed by atoms with Crippen LogP contribution < -0.4 is 15.6 Å². The molecule has 0 radical (unpaired) electrons. The lowest BCUT2D eigenvalue weighted by Gasteiger charge is -2.23. The van der Waals surface area contributed by atoms with Gasteiger partial charge in [0.05, 0.1) is 29.8 Å². The molecular weight excluding hydrogens is 398 g/mol. The predicted octanol–water partition coefficient (Wildman–Crippen LogP) is 3.85. The Labute approximate surface area is 180 Å². The average Bonchev–Trinajstić information content (AvgIpc) is 2.70. The quantitative estimate of drug-likeness (QED) is 0.480. The molecular formula is C23H27N3O3S. The van der Waals surface area contributed by atoms with Crippen LogP contribution in [0.4, 0.5) is 0 Å². The van der Waals surface area contributed by atoms with Crippen molar-refractivity contribution in [2.75, 3.05) is 7.11 Å². The van der Waals surface area contributed by atoms with Gasteiger partial charge >= 0.3 is 0 Å². The van der Waals surface area contributed by atoms with E-state index in [0.29, 0.717) is 22.6 Å². The Morgan fingerprint density at radius 1 is 1.17 bits per heavy atom. The standard InChI is InChI=1S/C23H27N3O3S/c1-15(20(27)25-23(2,3)4)30-22-24-19-9-7-6-8-18(19)21(28)26(22)14-16-10-12-17(29-5)13-11-16/h6-13,15H,14H2,1-5H3,(H,25,27). The number of para-hydroxylation sites is 1. The molecule has 0 bridgehead atoms. The molecule has 6 nitrogen and oxygen atoms in total. The van der Waals surface area contributed by atoms with E-state index in [1.165, 1.54) is 11.8 Å². The maximum Gasteiger partial charge on any atom is 0.262 e. The number of hydrogen-bond acceptors (Lipinski definition) is 5. The second-order valence-electron chi connectivity index (χ2n) is 8.15. The average molecular weight is 426 g/mol. The molecule has 1 unspecified atom stereocenters. The Balaban J connectivity index is 1.99. The van der Waals surface area contributed by atoms with Crippen LogP contribution in [0.1, 0.15) is 33.3 Å². The third-order valence-corrected chi connectivity index (χ3v) is 5.57. The molecule has 0 aliphatic rings. The minimum Gasteiger partial charge on any atom is -0.497 e. The molecule has 0 aliphatic heterocycles. The van der Waals surface area contributed by atoms with Crippen molar-refractivity contribution < 1.29 is 9.53 Å². The van der Waals surface area contributed by atoms with Gasteiger partial charge in [-0.1, -0.05) is 36.0 Å². The Bertz CT molecular complexity index is 1100. The summed E-state index contributed by atoms with van der Waals surface area (Å²) in [5.41, 5.74) is 1.12. The summed E-state index contributed by atoms with van der Waals surface area (Å²) >= 11 is 1.29. The molecule has 1 aromatic heterocycles. The third kappa shape index (κ3) is 5.21. The van der Waals surface area contributed by atoms with Crippen LogP contribution >= 0.6 is 11.8 Å². The van der Waals surface area contributed by atoms with E-state index in [0.717, 1.165) is 11.3 Å². The Hall–Kier alpha value is -2.80. The maximum atomic E-state index is 13.2. The first kappa shape index (κ1) is 21.9. The molecule has 1 amide bonds. The minimum absolute atomic E-state index is 0.0918. The van der Waals surface area contributed by atoms with E-state index in [1.54, 1.807) is 17.7 Å². The lowest BCUT2D eigenvalue weighted by molar-refractivity contribution is -0.121. The van der Waals surface area contributed by atoms with Crippen molar-refractivity contribution in [1.29, 1.82) is 0 Å². The topological polar surface area (TPSA) is 73.2 Å². The van der Waals surface area contributed by atoms with Gasteiger partial charge in [0.2, 0.25) is 5.91 Å². The summed E-state index contributed by atoms with van der Waals surface area (Å²) in [6, 6.07) is 14.8. The second-order valence-corrected chi connectivity index (χ2v) is 9.46. The third-order valence-electron chi connectivity index (χ3n) is 4.48. The highest BCUT2D eigenvalue weighted by Gasteiger charge is 2.23. The molecule has 0 fully saturated rings. The molecule has 1 atom stereocenters. The zero-order valence-electron chi connectivity index (χ0n) is 17.9. The normalized spacial score (nSPS) is 12.6. The van der Waals surface area contributed by atoms with Gasteiger partial charge in [-0.25, -0.2) is 4.98 Å². The van der Waals surface area contributed by atoms with E-state index in [9.17, 15) is 9.59 Å². The van der Waals surface area contributed by atoms with Crippen LogP contribution in [-0.4, -0.2) is 33.4 Å². The molecule has 0 saturated carbocycles. The molecule has 1 N–H and O–H groups in total. The number of ether oxygens (including phenoxy) is 1. The van der Waals surface area contributed by atoms with Crippen molar-refractivity contribution >= 4 is 28.6 Å². The Morgan fingerprint density at radius 3 is 2.47 bits per heavy atom. The highest BCUT2D eigenvalue weighted by atomic mass is 32.2. The molecule has 0 saturated heterocycles. The number of methoxy groups -OCH3 is 1. The van der Waals surface area contributed by atoms with Gasteiger partial charge < -0.3 is 10.1 Å². The first-order valence-corrected chi connectivity index (χ1v) is 10.7. The van der Waals surface area contributed by atoms with Crippen LogP contribution in [0.2, 0.25) is 0 Å². The molecule has 2 aromatic carbocycles. The fourth-order valence-electron chi connectivity index (χ4n) is 2.97. The number of aromatic nitrogens is 2. The summed E-state index contributed by atoms with van der Waals surface area (Å²) in [7, 11) is 1.62. The van der Waals surface area contributed by atoms with E-state index in [4.69, 9.17) is 9.72 Å². The molecule has 7 heteroatoms. The molecule has 0 spiro atoms. The van der Waals surface area contributed by atoms with Gasteiger partial charge in [-0.05, 0) is 57.5 Å². The van der Waals surface area contributed by atoms with Crippen molar-refractivity contribution in [3.05, 3.63) is 64.4 Å². The van der Waals surface area contributed by atoms with Gasteiger partial charge in [0.1, 0.15) is 5.75 Å². The molecule has 0 aliphatic carbocycles. The molecule has 3 rings (SSSR count). The van der Waals surface area contributed by atoms with Crippen molar-refractivity contribution in [3.63, 3.8) is 0 Å². The van der Waals surface area contributed by atoms with Gasteiger partial charge in [-0.15, -0.1) is 0 Å². The fraction of sp³-hybridized carbons (Fsp3) is 0.348. The summed E-state index contributed by atoms with van der Waals surface area (Å²) in [6.45, 7) is 8.00. The summed E-state index contributed by atoms with van der Waals surface area (Å²) in [5, 5.41) is 3.66. The van der Waals surface area contributed by atoms with Crippen LogP contribution in [0.25, 0.3) is 10.9 Å². The fourth-order valence-corrected chi connectivity index (χ4v) is 3.88. The molecule has 30 heavy (non-hydrogen) atoms. The number of benzene rings is 2. The van der Waals surface area contributed by atoms with Gasteiger partial charge in [0, 0.05) is 5.54 Å². The number of hydrogen-bond donors (Lipinski definition) is 1. The van der Waals surface area contributed by atoms with Crippen LogP contribution in [0.15, 0.2) is 58.5 Å². The lowest BCUT2D eigenvalue weighted by atomic mass is 10.1. The minimum atomic E-state index is -0.403. The number of nitrogens with zero attached hydrogens (tertiary/aromatic N) is 2.